The minimum absolute atomic E-state index is 0.0524. The summed E-state index contributed by atoms with van der Waals surface area (Å²) in [5.41, 5.74) is 6.37. The molecule has 1 amide bonds. The highest BCUT2D eigenvalue weighted by Gasteiger charge is 2.31. The van der Waals surface area contributed by atoms with Crippen molar-refractivity contribution in [1.82, 2.24) is 0 Å². The molecule has 1 aromatic rings. The molecule has 0 saturated carbocycles. The van der Waals surface area contributed by atoms with Gasteiger partial charge in [0.1, 0.15) is 18.1 Å². The first-order valence-corrected chi connectivity index (χ1v) is 6.03. The highest BCUT2D eigenvalue weighted by molar-refractivity contribution is 5.97. The number of methoxy groups -OCH3 is 2. The molecule has 0 aromatic heterocycles. The summed E-state index contributed by atoms with van der Waals surface area (Å²) in [5.74, 6) is 1.13. The van der Waals surface area contributed by atoms with Crippen LogP contribution in [0.1, 0.15) is 0 Å². The Morgan fingerprint density at radius 3 is 2.84 bits per heavy atom. The highest BCUT2D eigenvalue weighted by Crippen LogP contribution is 2.34. The van der Waals surface area contributed by atoms with E-state index in [2.05, 4.69) is 0 Å². The molecule has 2 rings (SSSR count). The number of amides is 1. The zero-order valence-corrected chi connectivity index (χ0v) is 11.1. The third-order valence-corrected chi connectivity index (χ3v) is 3.09. The summed E-state index contributed by atoms with van der Waals surface area (Å²) in [6.07, 6.45) is 0. The zero-order valence-electron chi connectivity index (χ0n) is 11.1. The molecule has 6 heteroatoms. The van der Waals surface area contributed by atoms with Crippen LogP contribution >= 0.6 is 0 Å². The molecule has 1 aliphatic heterocycles. The lowest BCUT2D eigenvalue weighted by Crippen LogP contribution is -2.53. The summed E-state index contributed by atoms with van der Waals surface area (Å²) >= 11 is 0. The normalized spacial score (nSPS) is 19.4. The van der Waals surface area contributed by atoms with Gasteiger partial charge < -0.3 is 24.8 Å². The Balaban J connectivity index is 2.44. The molecule has 0 radical (unpaired) electrons. The van der Waals surface area contributed by atoms with Crippen LogP contribution in [0.4, 0.5) is 5.69 Å². The lowest BCUT2D eigenvalue weighted by Gasteiger charge is -2.35. The second-order valence-corrected chi connectivity index (χ2v) is 4.21. The second-order valence-electron chi connectivity index (χ2n) is 4.21. The number of carbonyl (C=O) groups excluding carboxylic acids is 1. The average molecular weight is 266 g/mol. The second kappa shape index (κ2) is 5.90. The molecule has 2 N–H and O–H groups in total. The van der Waals surface area contributed by atoms with Gasteiger partial charge in [-0.3, -0.25) is 4.79 Å². The Labute approximate surface area is 112 Å². The van der Waals surface area contributed by atoms with Crippen molar-refractivity contribution in [2.75, 3.05) is 38.9 Å². The summed E-state index contributed by atoms with van der Waals surface area (Å²) in [5, 5.41) is 0. The van der Waals surface area contributed by atoms with Crippen molar-refractivity contribution in [2.24, 2.45) is 5.73 Å². The lowest BCUT2D eigenvalue weighted by atomic mass is 10.1. The molecule has 104 valence electrons. The van der Waals surface area contributed by atoms with E-state index < -0.39 is 0 Å². The van der Waals surface area contributed by atoms with Gasteiger partial charge in [-0.2, -0.15) is 0 Å². The molecular formula is C13H18N2O4. The fraction of sp³-hybridized carbons (Fsp3) is 0.462. The molecule has 1 fully saturated rings. The minimum Gasteiger partial charge on any atom is -0.497 e. The topological polar surface area (TPSA) is 74.0 Å². The van der Waals surface area contributed by atoms with Crippen LogP contribution < -0.4 is 20.1 Å². The van der Waals surface area contributed by atoms with Gasteiger partial charge in [0, 0.05) is 12.6 Å². The summed E-state index contributed by atoms with van der Waals surface area (Å²) in [4.78, 5) is 13.7. The first-order chi connectivity index (χ1) is 9.21. The van der Waals surface area contributed by atoms with Crippen molar-refractivity contribution in [3.8, 4) is 11.5 Å². The molecule has 1 heterocycles. The number of benzene rings is 1. The molecule has 1 unspecified atom stereocenters. The summed E-state index contributed by atoms with van der Waals surface area (Å²) < 4.78 is 15.7. The van der Waals surface area contributed by atoms with Crippen molar-refractivity contribution in [1.29, 1.82) is 0 Å². The number of rotatable bonds is 4. The Bertz CT molecular complexity index is 464. The maximum absolute atomic E-state index is 12.1. The Morgan fingerprint density at radius 1 is 1.42 bits per heavy atom. The van der Waals surface area contributed by atoms with E-state index in [1.54, 1.807) is 37.3 Å². The number of hydrogen-bond donors (Lipinski definition) is 1. The van der Waals surface area contributed by atoms with Crippen LogP contribution in [0.3, 0.4) is 0 Å². The van der Waals surface area contributed by atoms with Crippen molar-refractivity contribution in [3.05, 3.63) is 18.2 Å². The molecule has 0 bridgehead atoms. The van der Waals surface area contributed by atoms with Gasteiger partial charge in [-0.25, -0.2) is 0 Å². The van der Waals surface area contributed by atoms with Gasteiger partial charge in [0.05, 0.1) is 32.6 Å². The fourth-order valence-electron chi connectivity index (χ4n) is 2.12. The van der Waals surface area contributed by atoms with Gasteiger partial charge in [0.25, 0.3) is 5.91 Å². The van der Waals surface area contributed by atoms with E-state index in [-0.39, 0.29) is 18.6 Å². The van der Waals surface area contributed by atoms with Crippen LogP contribution in [0, 0.1) is 0 Å². The van der Waals surface area contributed by atoms with Gasteiger partial charge in [-0.05, 0) is 12.1 Å². The Morgan fingerprint density at radius 2 is 2.21 bits per heavy atom. The van der Waals surface area contributed by atoms with Crippen molar-refractivity contribution in [3.63, 3.8) is 0 Å². The fourth-order valence-corrected chi connectivity index (χ4v) is 2.12. The van der Waals surface area contributed by atoms with Gasteiger partial charge in [0.15, 0.2) is 0 Å². The molecule has 1 aromatic carbocycles. The summed E-state index contributed by atoms with van der Waals surface area (Å²) in [7, 11) is 3.14. The quantitative estimate of drug-likeness (QED) is 0.853. The lowest BCUT2D eigenvalue weighted by molar-refractivity contribution is -0.127. The Kier molecular flexibility index (Phi) is 4.24. The third-order valence-electron chi connectivity index (χ3n) is 3.09. The molecule has 0 spiro atoms. The molecular weight excluding hydrogens is 248 g/mol. The smallest absolute Gasteiger partial charge is 0.253 e. The van der Waals surface area contributed by atoms with E-state index in [9.17, 15) is 4.79 Å². The maximum atomic E-state index is 12.1. The van der Waals surface area contributed by atoms with Crippen molar-refractivity contribution >= 4 is 11.6 Å². The van der Waals surface area contributed by atoms with Crippen LogP contribution in [0.2, 0.25) is 0 Å². The predicted octanol–water partition coefficient (Wildman–Crippen LogP) is 0.394. The van der Waals surface area contributed by atoms with E-state index in [4.69, 9.17) is 19.9 Å². The first-order valence-electron chi connectivity index (χ1n) is 6.03. The number of nitrogens with zero attached hydrogens (tertiary/aromatic N) is 1. The average Bonchev–Trinajstić information content (AvgIpc) is 2.46. The highest BCUT2D eigenvalue weighted by atomic mass is 16.5. The van der Waals surface area contributed by atoms with Gasteiger partial charge in [0.2, 0.25) is 0 Å². The number of anilines is 1. The number of nitrogens with two attached hydrogens (primary N) is 1. The van der Waals surface area contributed by atoms with Crippen molar-refractivity contribution in [2.45, 2.75) is 6.04 Å². The number of ether oxygens (including phenoxy) is 3. The summed E-state index contributed by atoms with van der Waals surface area (Å²) in [6.45, 7) is 0.797. The van der Waals surface area contributed by atoms with Crippen molar-refractivity contribution < 1.29 is 19.0 Å². The zero-order chi connectivity index (χ0) is 13.8. The number of carbonyl (C=O) groups is 1. The molecule has 6 nitrogen and oxygen atoms in total. The van der Waals surface area contributed by atoms with Crippen LogP contribution in [0.25, 0.3) is 0 Å². The predicted molar refractivity (Wildman–Crippen MR) is 70.7 cm³/mol. The number of morpholine rings is 1. The molecule has 1 aliphatic rings. The van der Waals surface area contributed by atoms with Crippen LogP contribution in [0.15, 0.2) is 18.2 Å². The standard InChI is InChI=1S/C13H18N2O4/c1-17-10-3-4-12(18-2)11(5-10)15-9(6-14)7-19-8-13(15)16/h3-5,9H,6-8,14H2,1-2H3. The Hall–Kier alpha value is -1.79. The first kappa shape index (κ1) is 13.6. The van der Waals surface area contributed by atoms with Gasteiger partial charge in [-0.1, -0.05) is 0 Å². The monoisotopic (exact) mass is 266 g/mol. The van der Waals surface area contributed by atoms with Crippen LogP contribution in [-0.2, 0) is 9.53 Å². The molecule has 0 aliphatic carbocycles. The largest absolute Gasteiger partial charge is 0.497 e. The number of hydrogen-bond acceptors (Lipinski definition) is 5. The maximum Gasteiger partial charge on any atom is 0.253 e. The van der Waals surface area contributed by atoms with E-state index in [0.29, 0.717) is 30.3 Å². The summed E-state index contributed by atoms with van der Waals surface area (Å²) in [6, 6.07) is 5.13. The van der Waals surface area contributed by atoms with Crippen LogP contribution in [0.5, 0.6) is 11.5 Å². The SMILES string of the molecule is COc1ccc(OC)c(N2C(=O)COCC2CN)c1. The minimum atomic E-state index is -0.192. The van der Waals surface area contributed by atoms with Gasteiger partial charge in [-0.15, -0.1) is 0 Å². The molecule has 19 heavy (non-hydrogen) atoms. The van der Waals surface area contributed by atoms with E-state index >= 15 is 0 Å². The van der Waals surface area contributed by atoms with E-state index in [0.717, 1.165) is 0 Å². The molecule has 1 saturated heterocycles. The van der Waals surface area contributed by atoms with Gasteiger partial charge >= 0.3 is 0 Å². The van der Waals surface area contributed by atoms with Crippen LogP contribution in [-0.4, -0.2) is 45.9 Å². The molecule has 1 atom stereocenters. The van der Waals surface area contributed by atoms with E-state index in [1.807, 2.05) is 0 Å². The third kappa shape index (κ3) is 2.64. The van der Waals surface area contributed by atoms with E-state index in [1.165, 1.54) is 0 Å².